The summed E-state index contributed by atoms with van der Waals surface area (Å²) in [5.41, 5.74) is -2.48. The Bertz CT molecular complexity index is 1770. The zero-order valence-corrected chi connectivity index (χ0v) is 21.6. The van der Waals surface area contributed by atoms with Crippen molar-refractivity contribution in [3.63, 3.8) is 0 Å². The summed E-state index contributed by atoms with van der Waals surface area (Å²) in [6.07, 6.45) is -0.337. The maximum Gasteiger partial charge on any atom is 0.449 e. The van der Waals surface area contributed by atoms with E-state index in [1.807, 2.05) is 6.92 Å². The van der Waals surface area contributed by atoms with Gasteiger partial charge in [-0.1, -0.05) is 26.2 Å². The number of halogens is 4. The SMILES string of the molecule is CC(F)c1nc2oc(=O)cc(CCC3CC3)c2c(=O)[nH]1.CCCCc1cc(=O)oc2nc(C(F)(F)F)[nH]c(=O)c12. The molecule has 2 N–H and O–H groups in total. The van der Waals surface area contributed by atoms with Gasteiger partial charge in [-0.25, -0.2) is 14.0 Å². The fraction of sp³-hybridized carbons (Fsp3) is 0.462. The number of rotatable bonds is 7. The first-order chi connectivity index (χ1) is 18.9. The molecule has 0 radical (unpaired) electrons. The topological polar surface area (TPSA) is 152 Å². The number of hydrogen-bond donors (Lipinski definition) is 2. The lowest BCUT2D eigenvalue weighted by atomic mass is 10.1. The number of fused-ring (bicyclic) bond motifs is 2. The summed E-state index contributed by atoms with van der Waals surface area (Å²) in [5.74, 6) is -0.912. The van der Waals surface area contributed by atoms with E-state index >= 15 is 0 Å². The number of aromatic nitrogens is 4. The van der Waals surface area contributed by atoms with E-state index in [9.17, 15) is 36.7 Å². The minimum atomic E-state index is -4.81. The van der Waals surface area contributed by atoms with Gasteiger partial charge in [-0.05, 0) is 49.7 Å². The smallest absolute Gasteiger partial charge is 0.403 e. The second-order valence-corrected chi connectivity index (χ2v) is 9.61. The number of nitrogens with zero attached hydrogens (tertiary/aromatic N) is 2. The third-order valence-electron chi connectivity index (χ3n) is 6.38. The van der Waals surface area contributed by atoms with Gasteiger partial charge >= 0.3 is 17.4 Å². The van der Waals surface area contributed by atoms with Crippen LogP contribution < -0.4 is 22.4 Å². The summed E-state index contributed by atoms with van der Waals surface area (Å²) < 4.78 is 60.4. The van der Waals surface area contributed by atoms with Gasteiger partial charge in [0, 0.05) is 12.1 Å². The Kier molecular flexibility index (Phi) is 8.35. The van der Waals surface area contributed by atoms with E-state index in [-0.39, 0.29) is 22.3 Å². The monoisotopic (exact) mass is 566 g/mol. The van der Waals surface area contributed by atoms with Crippen LogP contribution in [-0.4, -0.2) is 19.9 Å². The molecular weight excluding hydrogens is 540 g/mol. The van der Waals surface area contributed by atoms with Crippen LogP contribution in [0.25, 0.3) is 22.2 Å². The summed E-state index contributed by atoms with van der Waals surface area (Å²) >= 11 is 0. The first-order valence-corrected chi connectivity index (χ1v) is 12.7. The van der Waals surface area contributed by atoms with Gasteiger partial charge in [0.05, 0.1) is 0 Å². The summed E-state index contributed by atoms with van der Waals surface area (Å²) in [7, 11) is 0. The number of H-pyrrole nitrogens is 2. The minimum absolute atomic E-state index is 0.0773. The van der Waals surface area contributed by atoms with Gasteiger partial charge in [-0.2, -0.15) is 23.1 Å². The van der Waals surface area contributed by atoms with Crippen LogP contribution in [0.3, 0.4) is 0 Å². The normalized spacial score (nSPS) is 14.2. The molecule has 10 nitrogen and oxygen atoms in total. The number of alkyl halides is 4. The largest absolute Gasteiger partial charge is 0.449 e. The van der Waals surface area contributed by atoms with E-state index in [0.717, 1.165) is 18.9 Å². The minimum Gasteiger partial charge on any atom is -0.403 e. The lowest BCUT2D eigenvalue weighted by molar-refractivity contribution is -0.145. The number of hydrogen-bond acceptors (Lipinski definition) is 8. The fourth-order valence-electron chi connectivity index (χ4n) is 4.16. The standard InChI is InChI=1S/C14H15FN2O3.C12H11F3N2O3/c1-7(15)12-16-13(19)11-9(5-4-8-2-3-8)6-10(18)20-14(11)17-12;1-2-3-4-6-5-7(18)20-10-8(6)9(19)16-11(17-10)12(13,14)15/h6-8H,2-5H2,1H3,(H,16,17,19);5H,2-4H2,1H3,(H,16,17,19). The van der Waals surface area contributed by atoms with Crippen molar-refractivity contribution in [2.45, 2.75) is 71.1 Å². The predicted octanol–water partition coefficient (Wildman–Crippen LogP) is 4.49. The quantitative estimate of drug-likeness (QED) is 0.311. The second-order valence-electron chi connectivity index (χ2n) is 9.61. The van der Waals surface area contributed by atoms with E-state index < -0.39 is 46.3 Å². The van der Waals surface area contributed by atoms with Gasteiger partial charge in [0.15, 0.2) is 6.17 Å². The molecule has 1 saturated carbocycles. The van der Waals surface area contributed by atoms with Gasteiger partial charge in [0.25, 0.3) is 11.1 Å². The highest BCUT2D eigenvalue weighted by Crippen LogP contribution is 2.34. The average molecular weight is 567 g/mol. The zero-order valence-electron chi connectivity index (χ0n) is 21.6. The molecule has 1 atom stereocenters. The molecule has 0 bridgehead atoms. The molecule has 5 rings (SSSR count). The molecule has 1 fully saturated rings. The van der Waals surface area contributed by atoms with Crippen LogP contribution in [0, 0.1) is 5.92 Å². The van der Waals surface area contributed by atoms with Crippen molar-refractivity contribution >= 4 is 22.2 Å². The van der Waals surface area contributed by atoms with Gasteiger partial charge in [0.2, 0.25) is 17.3 Å². The van der Waals surface area contributed by atoms with Crippen LogP contribution in [-0.2, 0) is 19.0 Å². The van der Waals surface area contributed by atoms with E-state index in [2.05, 4.69) is 19.4 Å². The molecule has 4 heterocycles. The molecule has 0 saturated heterocycles. The van der Waals surface area contributed by atoms with Crippen molar-refractivity contribution in [3.05, 3.63) is 76.5 Å². The van der Waals surface area contributed by atoms with E-state index in [1.165, 1.54) is 25.8 Å². The molecular formula is C26H26F4N4O6. The van der Waals surface area contributed by atoms with Crippen molar-refractivity contribution in [2.75, 3.05) is 0 Å². The summed E-state index contributed by atoms with van der Waals surface area (Å²) in [5, 5.41) is 0.153. The zero-order chi connectivity index (χ0) is 29.2. The fourth-order valence-corrected chi connectivity index (χ4v) is 4.16. The highest BCUT2D eigenvalue weighted by Gasteiger charge is 2.35. The van der Waals surface area contributed by atoms with Gasteiger partial charge in [-0.3, -0.25) is 9.59 Å². The van der Waals surface area contributed by atoms with Crippen molar-refractivity contribution in [3.8, 4) is 0 Å². The van der Waals surface area contributed by atoms with Crippen LogP contribution in [0.15, 0.2) is 40.1 Å². The average Bonchev–Trinajstić information content (AvgIpc) is 3.69. The summed E-state index contributed by atoms with van der Waals surface area (Å²) in [4.78, 5) is 57.9. The van der Waals surface area contributed by atoms with Crippen molar-refractivity contribution in [2.24, 2.45) is 5.92 Å². The van der Waals surface area contributed by atoms with Crippen LogP contribution in [0.2, 0.25) is 0 Å². The van der Waals surface area contributed by atoms with E-state index in [1.54, 1.807) is 4.98 Å². The molecule has 1 aliphatic rings. The molecule has 0 aromatic carbocycles. The molecule has 40 heavy (non-hydrogen) atoms. The van der Waals surface area contributed by atoms with Crippen molar-refractivity contribution in [1.82, 2.24) is 19.9 Å². The van der Waals surface area contributed by atoms with Crippen LogP contribution in [0.1, 0.15) is 74.9 Å². The van der Waals surface area contributed by atoms with Gasteiger partial charge in [-0.15, -0.1) is 0 Å². The molecule has 214 valence electrons. The Hall–Kier alpha value is -4.10. The Morgan fingerprint density at radius 2 is 1.48 bits per heavy atom. The van der Waals surface area contributed by atoms with Crippen LogP contribution in [0.5, 0.6) is 0 Å². The highest BCUT2D eigenvalue weighted by atomic mass is 19.4. The lowest BCUT2D eigenvalue weighted by Crippen LogP contribution is -2.21. The first kappa shape index (κ1) is 28.9. The Morgan fingerprint density at radius 1 is 0.925 bits per heavy atom. The number of aryl methyl sites for hydroxylation is 2. The number of aromatic amines is 2. The maximum atomic E-state index is 13.3. The number of unbranched alkanes of at least 4 members (excludes halogenated alkanes) is 1. The Labute approximate surface area is 222 Å². The molecule has 0 amide bonds. The molecule has 1 aliphatic carbocycles. The van der Waals surface area contributed by atoms with Crippen molar-refractivity contribution in [1.29, 1.82) is 0 Å². The molecule has 14 heteroatoms. The second kappa shape index (κ2) is 11.6. The molecule has 4 aromatic rings. The third kappa shape index (κ3) is 6.72. The van der Waals surface area contributed by atoms with E-state index in [4.69, 9.17) is 4.42 Å². The third-order valence-corrected chi connectivity index (χ3v) is 6.38. The molecule has 0 aliphatic heterocycles. The van der Waals surface area contributed by atoms with Crippen molar-refractivity contribution < 1.29 is 26.4 Å². The molecule has 0 spiro atoms. The van der Waals surface area contributed by atoms with Gasteiger partial charge < -0.3 is 18.8 Å². The Balaban J connectivity index is 0.000000185. The molecule has 4 aromatic heterocycles. The van der Waals surface area contributed by atoms with Gasteiger partial charge in [0.1, 0.15) is 16.6 Å². The maximum absolute atomic E-state index is 13.3. The van der Waals surface area contributed by atoms with E-state index in [0.29, 0.717) is 36.3 Å². The number of nitrogens with one attached hydrogen (secondary N) is 2. The first-order valence-electron chi connectivity index (χ1n) is 12.7. The van der Waals surface area contributed by atoms with Crippen LogP contribution in [0.4, 0.5) is 17.6 Å². The predicted molar refractivity (Wildman–Crippen MR) is 136 cm³/mol. The molecule has 1 unspecified atom stereocenters. The summed E-state index contributed by atoms with van der Waals surface area (Å²) in [6, 6.07) is 2.45. The highest BCUT2D eigenvalue weighted by molar-refractivity contribution is 5.76. The Morgan fingerprint density at radius 3 is 2.00 bits per heavy atom. The van der Waals surface area contributed by atoms with Crippen LogP contribution >= 0.6 is 0 Å². The lowest BCUT2D eigenvalue weighted by Gasteiger charge is -2.07. The summed E-state index contributed by atoms with van der Waals surface area (Å²) in [6.45, 7) is 3.18.